The summed E-state index contributed by atoms with van der Waals surface area (Å²) in [5.41, 5.74) is 0.652. The molecule has 16 heavy (non-hydrogen) atoms. The lowest BCUT2D eigenvalue weighted by atomic mass is 10.2. The van der Waals surface area contributed by atoms with Gasteiger partial charge in [0.2, 0.25) is 0 Å². The summed E-state index contributed by atoms with van der Waals surface area (Å²) in [6, 6.07) is 0. The molecule has 90 valence electrons. The highest BCUT2D eigenvalue weighted by Crippen LogP contribution is 1.97. The molecule has 0 aliphatic heterocycles. The van der Waals surface area contributed by atoms with Gasteiger partial charge in [0.05, 0.1) is 0 Å². The fraction of sp³-hybridized carbons (Fsp3) is 0.500. The predicted molar refractivity (Wildman–Crippen MR) is 68.2 cm³/mol. The fourth-order valence-corrected chi connectivity index (χ4v) is 1.02. The molecule has 0 aromatic heterocycles. The van der Waals surface area contributed by atoms with Gasteiger partial charge in [0.25, 0.3) is 0 Å². The van der Waals surface area contributed by atoms with Crippen molar-refractivity contribution >= 4 is 5.97 Å². The molecule has 0 rings (SSSR count). The van der Waals surface area contributed by atoms with Crippen LogP contribution in [0.25, 0.3) is 0 Å². The molecule has 0 unspecified atom stereocenters. The van der Waals surface area contributed by atoms with E-state index in [2.05, 4.69) is 19.1 Å². The second-order valence-corrected chi connectivity index (χ2v) is 3.50. The van der Waals surface area contributed by atoms with Gasteiger partial charge in [-0.2, -0.15) is 0 Å². The smallest absolute Gasteiger partial charge is 0.333 e. The largest absolute Gasteiger partial charge is 0.458 e. The first-order chi connectivity index (χ1) is 7.72. The Morgan fingerprint density at radius 3 is 2.31 bits per heavy atom. The van der Waals surface area contributed by atoms with Gasteiger partial charge in [-0.15, -0.1) is 0 Å². The van der Waals surface area contributed by atoms with Crippen molar-refractivity contribution in [1.29, 1.82) is 0 Å². The summed E-state index contributed by atoms with van der Waals surface area (Å²) < 4.78 is 5.01. The van der Waals surface area contributed by atoms with Crippen LogP contribution in [0, 0.1) is 0 Å². The first kappa shape index (κ1) is 14.7. The van der Waals surface area contributed by atoms with Crippen molar-refractivity contribution in [3.8, 4) is 0 Å². The summed E-state index contributed by atoms with van der Waals surface area (Å²) in [5, 5.41) is 0. The van der Waals surface area contributed by atoms with E-state index in [9.17, 15) is 4.79 Å². The summed E-state index contributed by atoms with van der Waals surface area (Å²) in [6.07, 6.45) is 13.1. The van der Waals surface area contributed by atoms with Crippen molar-refractivity contribution in [3.05, 3.63) is 36.0 Å². The van der Waals surface area contributed by atoms with Gasteiger partial charge in [0.1, 0.15) is 6.61 Å². The van der Waals surface area contributed by atoms with E-state index in [4.69, 9.17) is 4.74 Å². The van der Waals surface area contributed by atoms with Crippen molar-refractivity contribution in [2.24, 2.45) is 0 Å². The van der Waals surface area contributed by atoms with E-state index in [1.807, 2.05) is 19.1 Å². The van der Waals surface area contributed by atoms with Crippen LogP contribution in [-0.4, -0.2) is 12.6 Å². The predicted octanol–water partition coefficient (Wildman–Crippen LogP) is 3.80. The molecule has 0 fully saturated rings. The second kappa shape index (κ2) is 10.2. The summed E-state index contributed by atoms with van der Waals surface area (Å²) in [7, 11) is 0. The van der Waals surface area contributed by atoms with E-state index in [0.29, 0.717) is 12.2 Å². The van der Waals surface area contributed by atoms with E-state index >= 15 is 0 Å². The Hall–Kier alpha value is -1.31. The Labute approximate surface area is 98.7 Å². The first-order valence-electron chi connectivity index (χ1n) is 5.82. The van der Waals surface area contributed by atoms with Crippen molar-refractivity contribution in [2.45, 2.75) is 40.0 Å². The van der Waals surface area contributed by atoms with Gasteiger partial charge < -0.3 is 4.74 Å². The molecule has 0 saturated carbocycles. The number of hydrogen-bond acceptors (Lipinski definition) is 2. The molecule has 0 radical (unpaired) electrons. The highest BCUT2D eigenvalue weighted by atomic mass is 16.5. The molecule has 0 saturated heterocycles. The highest BCUT2D eigenvalue weighted by Gasteiger charge is 2.01. The molecular weight excluding hydrogens is 200 g/mol. The Balaban J connectivity index is 3.55. The Bertz CT molecular complexity index is 272. The summed E-state index contributed by atoms with van der Waals surface area (Å²) in [6.45, 7) is 6.06. The van der Waals surface area contributed by atoms with Gasteiger partial charge in [-0.25, -0.2) is 4.79 Å². The molecule has 0 bridgehead atoms. The summed E-state index contributed by atoms with van der Waals surface area (Å²) in [5.74, 6) is -0.238. The zero-order valence-corrected chi connectivity index (χ0v) is 10.5. The van der Waals surface area contributed by atoms with Crippen molar-refractivity contribution < 1.29 is 9.53 Å². The van der Waals surface area contributed by atoms with E-state index in [0.717, 1.165) is 19.3 Å². The number of carbonyl (C=O) groups is 1. The van der Waals surface area contributed by atoms with Gasteiger partial charge in [-0.1, -0.05) is 37.3 Å². The zero-order chi connectivity index (χ0) is 12.2. The standard InChI is InChI=1S/C14H22O2/c1-4-6-7-8-9-10-11-12-16-14(15)13(3)5-2/h5-7,10-11H,4,8-9,12H2,1-3H3/b7-6-,11-10+,13-5+. The molecule has 0 heterocycles. The monoisotopic (exact) mass is 222 g/mol. The molecule has 0 aliphatic carbocycles. The van der Waals surface area contributed by atoms with Crippen molar-refractivity contribution in [3.63, 3.8) is 0 Å². The van der Waals surface area contributed by atoms with Crippen LogP contribution in [0.5, 0.6) is 0 Å². The third kappa shape index (κ3) is 8.04. The van der Waals surface area contributed by atoms with E-state index in [-0.39, 0.29) is 5.97 Å². The number of allylic oxidation sites excluding steroid dienone is 4. The van der Waals surface area contributed by atoms with Crippen LogP contribution in [0.3, 0.4) is 0 Å². The third-order valence-electron chi connectivity index (χ3n) is 2.13. The lowest BCUT2D eigenvalue weighted by Crippen LogP contribution is -2.05. The molecule has 2 heteroatoms. The average Bonchev–Trinajstić information content (AvgIpc) is 2.31. The van der Waals surface area contributed by atoms with Crippen LogP contribution in [0.2, 0.25) is 0 Å². The molecule has 0 atom stereocenters. The molecule has 0 aliphatic rings. The van der Waals surface area contributed by atoms with E-state index in [1.165, 1.54) is 0 Å². The normalized spacial score (nSPS) is 12.6. The molecule has 0 aromatic rings. The third-order valence-corrected chi connectivity index (χ3v) is 2.13. The van der Waals surface area contributed by atoms with Gasteiger partial charge in [-0.05, 0) is 33.1 Å². The second-order valence-electron chi connectivity index (χ2n) is 3.50. The Morgan fingerprint density at radius 1 is 1.12 bits per heavy atom. The SMILES string of the molecule is C/C=C(\C)C(=O)OC/C=C/CC/C=C\CC. The minimum atomic E-state index is -0.238. The average molecular weight is 222 g/mol. The lowest BCUT2D eigenvalue weighted by molar-refractivity contribution is -0.137. The van der Waals surface area contributed by atoms with Gasteiger partial charge in [-0.3, -0.25) is 0 Å². The fourth-order valence-electron chi connectivity index (χ4n) is 1.02. The van der Waals surface area contributed by atoms with Crippen LogP contribution in [0.15, 0.2) is 36.0 Å². The molecule has 0 aromatic carbocycles. The number of unbranched alkanes of at least 4 members (excludes halogenated alkanes) is 1. The Morgan fingerprint density at radius 2 is 1.75 bits per heavy atom. The molecular formula is C14H22O2. The van der Waals surface area contributed by atoms with Gasteiger partial charge in [0, 0.05) is 5.57 Å². The number of ether oxygens (including phenoxy) is 1. The molecule has 2 nitrogen and oxygen atoms in total. The maximum atomic E-state index is 11.2. The lowest BCUT2D eigenvalue weighted by Gasteiger charge is -2.00. The maximum Gasteiger partial charge on any atom is 0.333 e. The van der Waals surface area contributed by atoms with E-state index < -0.39 is 0 Å². The minimum Gasteiger partial charge on any atom is -0.458 e. The van der Waals surface area contributed by atoms with Crippen LogP contribution < -0.4 is 0 Å². The maximum absolute atomic E-state index is 11.2. The highest BCUT2D eigenvalue weighted by molar-refractivity contribution is 5.87. The van der Waals surface area contributed by atoms with Gasteiger partial charge >= 0.3 is 5.97 Å². The number of carbonyl (C=O) groups excluding carboxylic acids is 1. The molecule has 0 N–H and O–H groups in total. The summed E-state index contributed by atoms with van der Waals surface area (Å²) in [4.78, 5) is 11.2. The zero-order valence-electron chi connectivity index (χ0n) is 10.5. The number of rotatable bonds is 7. The molecule has 0 spiro atoms. The molecule has 0 amide bonds. The number of hydrogen-bond donors (Lipinski definition) is 0. The van der Waals surface area contributed by atoms with Gasteiger partial charge in [0.15, 0.2) is 0 Å². The minimum absolute atomic E-state index is 0.238. The van der Waals surface area contributed by atoms with Crippen LogP contribution in [0.4, 0.5) is 0 Å². The van der Waals surface area contributed by atoms with E-state index in [1.54, 1.807) is 13.0 Å². The van der Waals surface area contributed by atoms with Crippen LogP contribution in [-0.2, 0) is 9.53 Å². The van der Waals surface area contributed by atoms with Crippen molar-refractivity contribution in [2.75, 3.05) is 6.61 Å². The van der Waals surface area contributed by atoms with Crippen LogP contribution in [0.1, 0.15) is 40.0 Å². The summed E-state index contributed by atoms with van der Waals surface area (Å²) >= 11 is 0. The quantitative estimate of drug-likeness (QED) is 0.283. The first-order valence-corrected chi connectivity index (χ1v) is 5.82. The topological polar surface area (TPSA) is 26.3 Å². The van der Waals surface area contributed by atoms with Crippen molar-refractivity contribution in [1.82, 2.24) is 0 Å². The number of esters is 1. The Kier molecular flexibility index (Phi) is 9.38. The van der Waals surface area contributed by atoms with Crippen LogP contribution >= 0.6 is 0 Å².